The van der Waals surface area contributed by atoms with Crippen LogP contribution in [0, 0.1) is 10.1 Å². The van der Waals surface area contributed by atoms with Crippen LogP contribution in [0.4, 0.5) is 11.4 Å². The lowest BCUT2D eigenvalue weighted by Gasteiger charge is -2.36. The van der Waals surface area contributed by atoms with Crippen molar-refractivity contribution < 1.29 is 14.5 Å². The van der Waals surface area contributed by atoms with Crippen molar-refractivity contribution >= 4 is 23.2 Å². The summed E-state index contributed by atoms with van der Waals surface area (Å²) in [5.41, 5.74) is 1.21. The van der Waals surface area contributed by atoms with E-state index in [4.69, 9.17) is 0 Å². The largest absolute Gasteiger partial charge is 0.362 e. The number of hydrogen-bond donors (Lipinski definition) is 1. The summed E-state index contributed by atoms with van der Waals surface area (Å²) in [4.78, 5) is 39.3. The van der Waals surface area contributed by atoms with E-state index in [9.17, 15) is 19.7 Å². The van der Waals surface area contributed by atoms with Crippen molar-refractivity contribution in [3.63, 3.8) is 0 Å². The molecule has 29 heavy (non-hydrogen) atoms. The molecule has 8 nitrogen and oxygen atoms in total. The number of nitrogens with zero attached hydrogens (tertiary/aromatic N) is 3. The number of amides is 2. The number of nitrogens with one attached hydrogen (secondary N) is 1. The third-order valence-electron chi connectivity index (χ3n) is 4.95. The van der Waals surface area contributed by atoms with Crippen molar-refractivity contribution in [2.45, 2.75) is 19.4 Å². The van der Waals surface area contributed by atoms with Gasteiger partial charge in [0.25, 0.3) is 11.6 Å². The Morgan fingerprint density at radius 1 is 1.03 bits per heavy atom. The predicted molar refractivity (Wildman–Crippen MR) is 110 cm³/mol. The summed E-state index contributed by atoms with van der Waals surface area (Å²) >= 11 is 0. The summed E-state index contributed by atoms with van der Waals surface area (Å²) in [5.74, 6) is -0.236. The Morgan fingerprint density at radius 3 is 2.31 bits per heavy atom. The number of para-hydroxylation sites is 2. The van der Waals surface area contributed by atoms with Gasteiger partial charge in [-0.25, -0.2) is 0 Å². The normalized spacial score (nSPS) is 14.9. The zero-order chi connectivity index (χ0) is 20.8. The van der Waals surface area contributed by atoms with Gasteiger partial charge >= 0.3 is 0 Å². The van der Waals surface area contributed by atoms with Gasteiger partial charge in [-0.15, -0.1) is 0 Å². The molecule has 0 radical (unpaired) electrons. The molecular formula is C21H24N4O4. The zero-order valence-corrected chi connectivity index (χ0v) is 16.3. The number of benzene rings is 2. The number of carbonyl (C=O) groups is 2. The third-order valence-corrected chi connectivity index (χ3v) is 4.95. The lowest BCUT2D eigenvalue weighted by atomic mass is 10.1. The SMILES string of the molecule is CC(CC(=O)N1CCN(c2ccccc2[N+](=O)[O-])CC1)NC(=O)c1ccccc1. The molecule has 2 amide bonds. The lowest BCUT2D eigenvalue weighted by Crippen LogP contribution is -2.50. The van der Waals surface area contributed by atoms with Gasteiger partial charge < -0.3 is 15.1 Å². The van der Waals surface area contributed by atoms with Crippen LogP contribution in [0.15, 0.2) is 54.6 Å². The Bertz CT molecular complexity index is 879. The summed E-state index contributed by atoms with van der Waals surface area (Å²) in [5, 5.41) is 14.1. The Balaban J connectivity index is 1.51. The maximum Gasteiger partial charge on any atom is 0.292 e. The molecule has 1 unspecified atom stereocenters. The van der Waals surface area contributed by atoms with Crippen LogP contribution in [0.1, 0.15) is 23.7 Å². The van der Waals surface area contributed by atoms with Crippen LogP contribution in [0.25, 0.3) is 0 Å². The molecule has 8 heteroatoms. The van der Waals surface area contributed by atoms with Gasteiger partial charge in [0.2, 0.25) is 5.91 Å². The first-order chi connectivity index (χ1) is 14.0. The quantitative estimate of drug-likeness (QED) is 0.598. The molecule has 152 valence electrons. The van der Waals surface area contributed by atoms with E-state index in [1.807, 2.05) is 17.9 Å². The second kappa shape index (κ2) is 9.18. The monoisotopic (exact) mass is 396 g/mol. The highest BCUT2D eigenvalue weighted by molar-refractivity contribution is 5.94. The number of nitro groups is 1. The second-order valence-electron chi connectivity index (χ2n) is 7.06. The smallest absolute Gasteiger partial charge is 0.292 e. The average Bonchev–Trinajstić information content (AvgIpc) is 2.74. The summed E-state index contributed by atoms with van der Waals surface area (Å²) in [6, 6.07) is 15.2. The molecule has 0 aliphatic carbocycles. The number of nitro benzene ring substituents is 1. The van der Waals surface area contributed by atoms with Gasteiger partial charge in [0.05, 0.1) is 4.92 Å². The summed E-state index contributed by atoms with van der Waals surface area (Å²) in [6.45, 7) is 3.85. The van der Waals surface area contributed by atoms with Gasteiger partial charge in [-0.1, -0.05) is 30.3 Å². The molecule has 1 aliphatic heterocycles. The van der Waals surface area contributed by atoms with Crippen LogP contribution in [-0.4, -0.2) is 53.9 Å². The van der Waals surface area contributed by atoms with Crippen molar-refractivity contribution in [3.05, 3.63) is 70.3 Å². The topological polar surface area (TPSA) is 95.8 Å². The van der Waals surface area contributed by atoms with Crippen molar-refractivity contribution in [1.82, 2.24) is 10.2 Å². The van der Waals surface area contributed by atoms with Gasteiger partial charge in [-0.2, -0.15) is 0 Å². The lowest BCUT2D eigenvalue weighted by molar-refractivity contribution is -0.384. The van der Waals surface area contributed by atoms with E-state index >= 15 is 0 Å². The first kappa shape index (κ1) is 20.3. The molecule has 0 aromatic heterocycles. The van der Waals surface area contributed by atoms with Crippen LogP contribution in [-0.2, 0) is 4.79 Å². The molecule has 2 aromatic rings. The van der Waals surface area contributed by atoms with Crippen LogP contribution < -0.4 is 10.2 Å². The number of rotatable bonds is 6. The fraction of sp³-hybridized carbons (Fsp3) is 0.333. The van der Waals surface area contributed by atoms with E-state index in [1.54, 1.807) is 47.4 Å². The molecule has 1 heterocycles. The molecule has 0 spiro atoms. The number of hydrogen-bond acceptors (Lipinski definition) is 5. The van der Waals surface area contributed by atoms with E-state index in [-0.39, 0.29) is 34.9 Å². The van der Waals surface area contributed by atoms with E-state index in [2.05, 4.69) is 5.32 Å². The van der Waals surface area contributed by atoms with E-state index < -0.39 is 0 Å². The molecule has 1 saturated heterocycles. The predicted octanol–water partition coefficient (Wildman–Crippen LogP) is 2.45. The van der Waals surface area contributed by atoms with Crippen molar-refractivity contribution in [2.24, 2.45) is 0 Å². The fourth-order valence-corrected chi connectivity index (χ4v) is 3.42. The fourth-order valence-electron chi connectivity index (χ4n) is 3.42. The zero-order valence-electron chi connectivity index (χ0n) is 16.3. The van der Waals surface area contributed by atoms with Crippen LogP contribution >= 0.6 is 0 Å². The van der Waals surface area contributed by atoms with Gasteiger partial charge in [-0.3, -0.25) is 19.7 Å². The minimum absolute atomic E-state index is 0.0342. The molecule has 1 atom stereocenters. The summed E-state index contributed by atoms with van der Waals surface area (Å²) in [7, 11) is 0. The molecule has 1 N–H and O–H groups in total. The minimum Gasteiger partial charge on any atom is -0.362 e. The van der Waals surface area contributed by atoms with Gasteiger partial charge in [0.15, 0.2) is 0 Å². The molecule has 1 aliphatic rings. The Labute approximate surface area is 169 Å². The molecule has 2 aromatic carbocycles. The first-order valence-electron chi connectivity index (χ1n) is 9.57. The van der Waals surface area contributed by atoms with Crippen molar-refractivity contribution in [2.75, 3.05) is 31.1 Å². The molecule has 3 rings (SSSR count). The maximum absolute atomic E-state index is 12.6. The van der Waals surface area contributed by atoms with Crippen molar-refractivity contribution in [1.29, 1.82) is 0 Å². The maximum atomic E-state index is 12.6. The van der Waals surface area contributed by atoms with Crippen LogP contribution in [0.2, 0.25) is 0 Å². The number of piperazine rings is 1. The number of carbonyl (C=O) groups excluding carboxylic acids is 2. The van der Waals surface area contributed by atoms with Gasteiger partial charge in [0, 0.05) is 50.3 Å². The Hall–Kier alpha value is -3.42. The van der Waals surface area contributed by atoms with Gasteiger partial charge in [0.1, 0.15) is 5.69 Å². The standard InChI is InChI=1S/C21H24N4O4/c1-16(22-21(27)17-7-3-2-4-8-17)15-20(26)24-13-11-23(12-14-24)18-9-5-6-10-19(18)25(28)29/h2-10,16H,11-15H2,1H3,(H,22,27). The van der Waals surface area contributed by atoms with E-state index in [1.165, 1.54) is 6.07 Å². The molecule has 0 bridgehead atoms. The molecule has 0 saturated carbocycles. The molecular weight excluding hydrogens is 372 g/mol. The van der Waals surface area contributed by atoms with E-state index in [0.717, 1.165) is 0 Å². The highest BCUT2D eigenvalue weighted by Crippen LogP contribution is 2.28. The Morgan fingerprint density at radius 2 is 1.66 bits per heavy atom. The van der Waals surface area contributed by atoms with E-state index in [0.29, 0.717) is 37.4 Å². The highest BCUT2D eigenvalue weighted by atomic mass is 16.6. The summed E-state index contributed by atoms with van der Waals surface area (Å²) in [6.07, 6.45) is 0.212. The first-order valence-corrected chi connectivity index (χ1v) is 9.57. The number of anilines is 1. The van der Waals surface area contributed by atoms with Crippen LogP contribution in [0.5, 0.6) is 0 Å². The highest BCUT2D eigenvalue weighted by Gasteiger charge is 2.26. The molecule has 1 fully saturated rings. The second-order valence-corrected chi connectivity index (χ2v) is 7.06. The van der Waals surface area contributed by atoms with Crippen LogP contribution in [0.3, 0.4) is 0 Å². The Kier molecular flexibility index (Phi) is 6.43. The summed E-state index contributed by atoms with van der Waals surface area (Å²) < 4.78 is 0. The minimum atomic E-state index is -0.385. The van der Waals surface area contributed by atoms with Crippen molar-refractivity contribution in [3.8, 4) is 0 Å². The average molecular weight is 396 g/mol. The third kappa shape index (κ3) is 5.10. The van der Waals surface area contributed by atoms with Gasteiger partial charge in [-0.05, 0) is 25.1 Å².